The molecule has 0 bridgehead atoms. The van der Waals surface area contributed by atoms with Gasteiger partial charge in [0.25, 0.3) is 0 Å². The molecule has 102 valence electrons. The predicted octanol–water partition coefficient (Wildman–Crippen LogP) is 3.73. The third kappa shape index (κ3) is 2.93. The highest BCUT2D eigenvalue weighted by molar-refractivity contribution is 7.10. The smallest absolute Gasteiger partial charge is 0.163 e. The highest BCUT2D eigenvalue weighted by atomic mass is 32.1. The van der Waals surface area contributed by atoms with Crippen molar-refractivity contribution in [3.05, 3.63) is 51.7 Å². The lowest BCUT2D eigenvalue weighted by molar-refractivity contribution is 0.416. The molecule has 0 saturated heterocycles. The lowest BCUT2D eigenvalue weighted by atomic mass is 10.0. The standard InChI is InChI=1S/C14H15F2NOS/c1-3-17-14(12-7-9(18-2)8-19-12)10-5-4-6-11(15)13(10)16/h4-8,14,17H,3H2,1-2H3. The van der Waals surface area contributed by atoms with Gasteiger partial charge in [0.15, 0.2) is 11.6 Å². The van der Waals surface area contributed by atoms with Gasteiger partial charge in [0.1, 0.15) is 5.75 Å². The van der Waals surface area contributed by atoms with E-state index in [1.807, 2.05) is 18.4 Å². The van der Waals surface area contributed by atoms with Crippen molar-refractivity contribution >= 4 is 11.3 Å². The molecule has 0 aliphatic carbocycles. The molecule has 1 aromatic carbocycles. The number of hydrogen-bond donors (Lipinski definition) is 1. The molecule has 0 amide bonds. The van der Waals surface area contributed by atoms with Crippen LogP contribution in [0.3, 0.4) is 0 Å². The van der Waals surface area contributed by atoms with Crippen LogP contribution in [0, 0.1) is 11.6 Å². The Labute approximate surface area is 115 Å². The summed E-state index contributed by atoms with van der Waals surface area (Å²) in [6.07, 6.45) is 0. The number of nitrogens with one attached hydrogen (secondary N) is 1. The van der Waals surface area contributed by atoms with Gasteiger partial charge in [-0.3, -0.25) is 0 Å². The molecule has 1 heterocycles. The average molecular weight is 283 g/mol. The number of halogens is 2. The van der Waals surface area contributed by atoms with Crippen LogP contribution in [0.1, 0.15) is 23.4 Å². The van der Waals surface area contributed by atoms with E-state index in [2.05, 4.69) is 5.32 Å². The zero-order valence-electron chi connectivity index (χ0n) is 10.7. The molecule has 2 aromatic rings. The Morgan fingerprint density at radius 2 is 2.16 bits per heavy atom. The number of benzene rings is 1. The van der Waals surface area contributed by atoms with E-state index >= 15 is 0 Å². The Hall–Kier alpha value is -1.46. The fourth-order valence-electron chi connectivity index (χ4n) is 1.90. The summed E-state index contributed by atoms with van der Waals surface area (Å²) < 4.78 is 32.4. The Bertz CT molecular complexity index is 556. The molecule has 0 spiro atoms. The number of rotatable bonds is 5. The molecular weight excluding hydrogens is 268 g/mol. The molecule has 5 heteroatoms. The monoisotopic (exact) mass is 283 g/mol. The third-order valence-corrected chi connectivity index (χ3v) is 3.79. The fraction of sp³-hybridized carbons (Fsp3) is 0.286. The second-order valence-electron chi connectivity index (χ2n) is 4.02. The molecule has 1 N–H and O–H groups in total. The summed E-state index contributed by atoms with van der Waals surface area (Å²) in [5, 5.41) is 5.01. The molecule has 0 saturated carbocycles. The maximum Gasteiger partial charge on any atom is 0.163 e. The van der Waals surface area contributed by atoms with E-state index in [1.165, 1.54) is 17.4 Å². The van der Waals surface area contributed by atoms with E-state index in [0.717, 1.165) is 16.7 Å². The van der Waals surface area contributed by atoms with Crippen LogP contribution in [-0.2, 0) is 0 Å². The van der Waals surface area contributed by atoms with Crippen molar-refractivity contribution in [2.24, 2.45) is 0 Å². The van der Waals surface area contributed by atoms with Crippen LogP contribution in [0.4, 0.5) is 8.78 Å². The molecule has 0 radical (unpaired) electrons. The molecule has 2 rings (SSSR count). The van der Waals surface area contributed by atoms with Crippen LogP contribution >= 0.6 is 11.3 Å². The maximum atomic E-state index is 13.9. The number of methoxy groups -OCH3 is 1. The first-order valence-corrected chi connectivity index (χ1v) is 6.85. The van der Waals surface area contributed by atoms with Crippen molar-refractivity contribution in [2.45, 2.75) is 13.0 Å². The molecular formula is C14H15F2NOS. The highest BCUT2D eigenvalue weighted by Crippen LogP contribution is 2.32. The van der Waals surface area contributed by atoms with Crippen molar-refractivity contribution in [3.63, 3.8) is 0 Å². The lowest BCUT2D eigenvalue weighted by Gasteiger charge is -2.17. The Morgan fingerprint density at radius 3 is 2.79 bits per heavy atom. The van der Waals surface area contributed by atoms with Crippen LogP contribution < -0.4 is 10.1 Å². The molecule has 1 unspecified atom stereocenters. The summed E-state index contributed by atoms with van der Waals surface area (Å²) in [6, 6.07) is 5.70. The predicted molar refractivity (Wildman–Crippen MR) is 72.7 cm³/mol. The van der Waals surface area contributed by atoms with Crippen molar-refractivity contribution in [1.82, 2.24) is 5.32 Å². The normalized spacial score (nSPS) is 12.4. The Morgan fingerprint density at radius 1 is 1.37 bits per heavy atom. The van der Waals surface area contributed by atoms with E-state index in [9.17, 15) is 8.78 Å². The zero-order chi connectivity index (χ0) is 13.8. The van der Waals surface area contributed by atoms with Gasteiger partial charge < -0.3 is 10.1 Å². The molecule has 1 atom stereocenters. The quantitative estimate of drug-likeness (QED) is 0.902. The molecule has 2 nitrogen and oxygen atoms in total. The minimum Gasteiger partial charge on any atom is -0.496 e. The topological polar surface area (TPSA) is 21.3 Å². The largest absolute Gasteiger partial charge is 0.496 e. The van der Waals surface area contributed by atoms with E-state index in [4.69, 9.17) is 4.74 Å². The minimum atomic E-state index is -0.830. The van der Waals surface area contributed by atoms with E-state index in [0.29, 0.717) is 12.1 Å². The van der Waals surface area contributed by atoms with Gasteiger partial charge in [-0.15, -0.1) is 11.3 Å². The summed E-state index contributed by atoms with van der Waals surface area (Å²) in [5.41, 5.74) is 0.311. The van der Waals surface area contributed by atoms with Crippen LogP contribution in [0.2, 0.25) is 0 Å². The first-order chi connectivity index (χ1) is 9.17. The molecule has 1 aromatic heterocycles. The van der Waals surface area contributed by atoms with Crippen LogP contribution in [0.5, 0.6) is 5.75 Å². The van der Waals surface area contributed by atoms with Crippen molar-refractivity contribution < 1.29 is 13.5 Å². The first-order valence-electron chi connectivity index (χ1n) is 5.97. The third-order valence-electron chi connectivity index (χ3n) is 2.82. The van der Waals surface area contributed by atoms with Gasteiger partial charge in [0, 0.05) is 15.8 Å². The van der Waals surface area contributed by atoms with Crippen LogP contribution in [-0.4, -0.2) is 13.7 Å². The summed E-state index contributed by atoms with van der Waals surface area (Å²) in [6.45, 7) is 2.58. The van der Waals surface area contributed by atoms with Gasteiger partial charge in [0.05, 0.1) is 13.2 Å². The van der Waals surface area contributed by atoms with Crippen molar-refractivity contribution in [1.29, 1.82) is 0 Å². The van der Waals surface area contributed by atoms with Crippen LogP contribution in [0.15, 0.2) is 29.6 Å². The van der Waals surface area contributed by atoms with Crippen molar-refractivity contribution in [3.8, 4) is 5.75 Å². The lowest BCUT2D eigenvalue weighted by Crippen LogP contribution is -2.22. The van der Waals surface area contributed by atoms with E-state index in [1.54, 1.807) is 13.2 Å². The Kier molecular flexibility index (Phi) is 4.50. The minimum absolute atomic E-state index is 0.311. The van der Waals surface area contributed by atoms with E-state index < -0.39 is 11.6 Å². The van der Waals surface area contributed by atoms with Gasteiger partial charge in [0.2, 0.25) is 0 Å². The number of ether oxygens (including phenoxy) is 1. The molecule has 0 fully saturated rings. The Balaban J connectivity index is 2.42. The average Bonchev–Trinajstić information content (AvgIpc) is 2.88. The summed E-state index contributed by atoms with van der Waals surface area (Å²) >= 11 is 1.45. The summed E-state index contributed by atoms with van der Waals surface area (Å²) in [5.74, 6) is -0.913. The van der Waals surface area contributed by atoms with Gasteiger partial charge in [-0.1, -0.05) is 19.1 Å². The van der Waals surface area contributed by atoms with Crippen LogP contribution in [0.25, 0.3) is 0 Å². The summed E-state index contributed by atoms with van der Waals surface area (Å²) in [4.78, 5) is 0.892. The first kappa shape index (κ1) is 14.0. The number of hydrogen-bond acceptors (Lipinski definition) is 3. The highest BCUT2D eigenvalue weighted by Gasteiger charge is 2.20. The molecule has 0 aliphatic heterocycles. The maximum absolute atomic E-state index is 13.9. The second kappa shape index (κ2) is 6.12. The van der Waals surface area contributed by atoms with Gasteiger partial charge >= 0.3 is 0 Å². The van der Waals surface area contributed by atoms with Gasteiger partial charge in [-0.05, 0) is 18.7 Å². The zero-order valence-corrected chi connectivity index (χ0v) is 11.6. The number of thiophene rings is 1. The molecule has 0 aliphatic rings. The van der Waals surface area contributed by atoms with Gasteiger partial charge in [-0.25, -0.2) is 8.78 Å². The van der Waals surface area contributed by atoms with Gasteiger partial charge in [-0.2, -0.15) is 0 Å². The van der Waals surface area contributed by atoms with E-state index in [-0.39, 0.29) is 6.04 Å². The molecule has 19 heavy (non-hydrogen) atoms. The van der Waals surface area contributed by atoms with Crippen molar-refractivity contribution in [2.75, 3.05) is 13.7 Å². The second-order valence-corrected chi connectivity index (χ2v) is 4.97. The fourth-order valence-corrected chi connectivity index (χ4v) is 2.85. The SMILES string of the molecule is CCNC(c1cc(OC)cs1)c1cccc(F)c1F. The summed E-state index contributed by atoms with van der Waals surface area (Å²) in [7, 11) is 1.58.